The summed E-state index contributed by atoms with van der Waals surface area (Å²) in [5, 5.41) is 3.49. The molecule has 0 saturated heterocycles. The Morgan fingerprint density at radius 3 is 2.44 bits per heavy atom. The number of carbonyl (C=O) groups excluding carboxylic acids is 1. The van der Waals surface area contributed by atoms with Gasteiger partial charge >= 0.3 is 0 Å². The quantitative estimate of drug-likeness (QED) is 0.838. The topological polar surface area (TPSA) is 55.1 Å². The highest BCUT2D eigenvalue weighted by Crippen LogP contribution is 2.70. The Labute approximate surface area is 163 Å². The van der Waals surface area contributed by atoms with Crippen LogP contribution in [-0.4, -0.2) is 18.0 Å². The fraction of sp³-hybridized carbons (Fsp3) is 0.708. The molecule has 4 unspecified atom stereocenters. The molecular formula is C24H34N2O. The molecule has 6 rings (SSSR count). The Morgan fingerprint density at radius 2 is 1.74 bits per heavy atom. The largest absolute Gasteiger partial charge is 0.353 e. The summed E-state index contributed by atoms with van der Waals surface area (Å²) in [5.74, 6) is 1.07. The van der Waals surface area contributed by atoms with Gasteiger partial charge in [0.15, 0.2) is 0 Å². The number of hydrogen-bond donors (Lipinski definition) is 2. The highest BCUT2D eigenvalue weighted by molar-refractivity contribution is 5.84. The van der Waals surface area contributed by atoms with E-state index in [4.69, 9.17) is 5.73 Å². The molecule has 1 amide bonds. The molecule has 0 aromatic heterocycles. The number of carbonyl (C=O) groups is 1. The van der Waals surface area contributed by atoms with E-state index in [0.717, 1.165) is 44.9 Å². The van der Waals surface area contributed by atoms with Crippen LogP contribution in [0, 0.1) is 16.7 Å². The lowest BCUT2D eigenvalue weighted by Gasteiger charge is -2.65. The Hall–Kier alpha value is -1.35. The van der Waals surface area contributed by atoms with E-state index in [2.05, 4.69) is 42.6 Å². The predicted molar refractivity (Wildman–Crippen MR) is 108 cm³/mol. The van der Waals surface area contributed by atoms with E-state index in [0.29, 0.717) is 29.3 Å². The summed E-state index contributed by atoms with van der Waals surface area (Å²) in [6.45, 7) is 2.46. The zero-order valence-electron chi connectivity index (χ0n) is 16.7. The number of amides is 1. The summed E-state index contributed by atoms with van der Waals surface area (Å²) in [5.41, 5.74) is 7.92. The summed E-state index contributed by atoms with van der Waals surface area (Å²) in [4.78, 5) is 13.6. The van der Waals surface area contributed by atoms with Crippen molar-refractivity contribution in [2.24, 2.45) is 22.5 Å². The lowest BCUT2D eigenvalue weighted by Crippen LogP contribution is -2.62. The van der Waals surface area contributed by atoms with Gasteiger partial charge in [-0.2, -0.15) is 0 Å². The van der Waals surface area contributed by atoms with Gasteiger partial charge < -0.3 is 11.1 Å². The Morgan fingerprint density at radius 1 is 1.00 bits per heavy atom. The maximum absolute atomic E-state index is 13.6. The van der Waals surface area contributed by atoms with Gasteiger partial charge in [0.1, 0.15) is 0 Å². The van der Waals surface area contributed by atoms with E-state index >= 15 is 0 Å². The van der Waals surface area contributed by atoms with Gasteiger partial charge in [-0.1, -0.05) is 37.3 Å². The molecule has 3 nitrogen and oxygen atoms in total. The number of nitrogens with two attached hydrogens (primary N) is 1. The molecule has 4 atom stereocenters. The molecule has 5 fully saturated rings. The maximum atomic E-state index is 13.6. The van der Waals surface area contributed by atoms with Crippen LogP contribution in [0.15, 0.2) is 30.3 Å². The van der Waals surface area contributed by atoms with Crippen molar-refractivity contribution < 1.29 is 4.79 Å². The van der Waals surface area contributed by atoms with E-state index in [1.807, 2.05) is 0 Å². The van der Waals surface area contributed by atoms with Crippen molar-refractivity contribution in [3.8, 4) is 0 Å². The third kappa shape index (κ3) is 2.93. The molecule has 0 radical (unpaired) electrons. The third-order valence-electron chi connectivity index (χ3n) is 8.32. The van der Waals surface area contributed by atoms with Crippen molar-refractivity contribution >= 4 is 5.91 Å². The zero-order valence-corrected chi connectivity index (χ0v) is 16.7. The number of rotatable bonds is 3. The van der Waals surface area contributed by atoms with Crippen molar-refractivity contribution in [1.29, 1.82) is 0 Å². The second-order valence-electron chi connectivity index (χ2n) is 10.8. The monoisotopic (exact) mass is 366 g/mol. The van der Waals surface area contributed by atoms with Crippen molar-refractivity contribution in [3.05, 3.63) is 35.9 Å². The SMILES string of the molecule is CC12CC3CC(C(=O)NC4CCC(N)CC4)(C1)CC(c1ccccc1)(C3)C2. The summed E-state index contributed by atoms with van der Waals surface area (Å²) in [7, 11) is 0. The standard InChI is InChI=1S/C24H34N2O/c1-22-11-17-12-23(14-22,18-5-3-2-4-6-18)16-24(13-17,15-22)21(27)26-20-9-7-19(25)8-10-20/h2-6,17,19-20H,7-16,25H2,1H3,(H,26,27). The molecule has 0 aliphatic heterocycles. The van der Waals surface area contributed by atoms with Crippen LogP contribution in [0.5, 0.6) is 0 Å². The molecular weight excluding hydrogens is 332 g/mol. The molecule has 5 aliphatic rings. The third-order valence-corrected chi connectivity index (χ3v) is 8.32. The van der Waals surface area contributed by atoms with E-state index in [-0.39, 0.29) is 10.8 Å². The van der Waals surface area contributed by atoms with Crippen LogP contribution in [-0.2, 0) is 10.2 Å². The highest BCUT2D eigenvalue weighted by atomic mass is 16.2. The minimum atomic E-state index is -0.149. The summed E-state index contributed by atoms with van der Waals surface area (Å²) >= 11 is 0. The van der Waals surface area contributed by atoms with E-state index in [1.165, 1.54) is 24.8 Å². The first-order chi connectivity index (χ1) is 12.9. The van der Waals surface area contributed by atoms with Gasteiger partial charge in [-0.25, -0.2) is 0 Å². The zero-order chi connectivity index (χ0) is 18.7. The van der Waals surface area contributed by atoms with Crippen molar-refractivity contribution in [1.82, 2.24) is 5.32 Å². The number of benzene rings is 1. The Balaban J connectivity index is 1.43. The van der Waals surface area contributed by atoms with Crippen LogP contribution in [0.1, 0.15) is 76.7 Å². The van der Waals surface area contributed by atoms with Gasteiger partial charge in [-0.15, -0.1) is 0 Å². The van der Waals surface area contributed by atoms with Gasteiger partial charge in [-0.05, 0) is 86.5 Å². The first-order valence-electron chi connectivity index (χ1n) is 11.0. The average Bonchev–Trinajstić information content (AvgIpc) is 2.62. The summed E-state index contributed by atoms with van der Waals surface area (Å²) in [6.07, 6.45) is 11.3. The number of hydrogen-bond acceptors (Lipinski definition) is 2. The first-order valence-corrected chi connectivity index (χ1v) is 11.0. The molecule has 1 aromatic carbocycles. The van der Waals surface area contributed by atoms with Crippen LogP contribution in [0.25, 0.3) is 0 Å². The fourth-order valence-electron chi connectivity index (χ4n) is 7.89. The lowest BCUT2D eigenvalue weighted by atomic mass is 9.38. The van der Waals surface area contributed by atoms with Gasteiger partial charge in [0, 0.05) is 12.1 Å². The molecule has 3 heteroatoms. The lowest BCUT2D eigenvalue weighted by molar-refractivity contribution is -0.161. The van der Waals surface area contributed by atoms with Gasteiger partial charge in [0.25, 0.3) is 0 Å². The maximum Gasteiger partial charge on any atom is 0.226 e. The molecule has 146 valence electrons. The van der Waals surface area contributed by atoms with Gasteiger partial charge in [-0.3, -0.25) is 4.79 Å². The second-order valence-corrected chi connectivity index (χ2v) is 10.8. The minimum absolute atomic E-state index is 0.149. The Kier molecular flexibility index (Phi) is 3.99. The fourth-order valence-corrected chi connectivity index (χ4v) is 7.89. The van der Waals surface area contributed by atoms with Crippen molar-refractivity contribution in [2.45, 2.75) is 88.6 Å². The molecule has 4 bridgehead atoms. The van der Waals surface area contributed by atoms with Crippen LogP contribution in [0.3, 0.4) is 0 Å². The van der Waals surface area contributed by atoms with E-state index in [9.17, 15) is 4.79 Å². The van der Waals surface area contributed by atoms with Gasteiger partial charge in [0.2, 0.25) is 5.91 Å². The smallest absolute Gasteiger partial charge is 0.226 e. The first kappa shape index (κ1) is 17.7. The predicted octanol–water partition coefficient (Wildman–Crippen LogP) is 4.30. The molecule has 5 aliphatic carbocycles. The van der Waals surface area contributed by atoms with Crippen molar-refractivity contribution in [2.75, 3.05) is 0 Å². The van der Waals surface area contributed by atoms with Crippen LogP contribution in [0.4, 0.5) is 0 Å². The van der Waals surface area contributed by atoms with Crippen molar-refractivity contribution in [3.63, 3.8) is 0 Å². The molecule has 27 heavy (non-hydrogen) atoms. The van der Waals surface area contributed by atoms with E-state index < -0.39 is 0 Å². The molecule has 0 heterocycles. The van der Waals surface area contributed by atoms with E-state index in [1.54, 1.807) is 0 Å². The number of nitrogens with one attached hydrogen (secondary N) is 1. The second kappa shape index (κ2) is 6.07. The molecule has 3 N–H and O–H groups in total. The van der Waals surface area contributed by atoms with Crippen LogP contribution < -0.4 is 11.1 Å². The molecule has 1 aromatic rings. The highest BCUT2D eigenvalue weighted by Gasteiger charge is 2.64. The normalized spacial score (nSPS) is 45.6. The molecule has 5 saturated carbocycles. The van der Waals surface area contributed by atoms with Gasteiger partial charge in [0.05, 0.1) is 5.41 Å². The Bertz CT molecular complexity index is 725. The minimum Gasteiger partial charge on any atom is -0.353 e. The van der Waals surface area contributed by atoms with Crippen LogP contribution in [0.2, 0.25) is 0 Å². The summed E-state index contributed by atoms with van der Waals surface area (Å²) < 4.78 is 0. The summed E-state index contributed by atoms with van der Waals surface area (Å²) in [6, 6.07) is 11.8. The average molecular weight is 367 g/mol. The van der Waals surface area contributed by atoms with Crippen LogP contribution >= 0.6 is 0 Å². The molecule has 0 spiro atoms.